The second-order valence-electron chi connectivity index (χ2n) is 8.25. The predicted molar refractivity (Wildman–Crippen MR) is 144 cm³/mol. The number of hydrogen-bond acceptors (Lipinski definition) is 8. The van der Waals surface area contributed by atoms with Crippen molar-refractivity contribution in [2.75, 3.05) is 11.2 Å². The lowest BCUT2D eigenvalue weighted by Gasteiger charge is -2.32. The number of esters is 2. The predicted octanol–water partition coefficient (Wildman–Crippen LogP) is 4.14. The highest BCUT2D eigenvalue weighted by Gasteiger charge is 2.46. The number of anilines is 1. The molecule has 0 radical (unpaired) electrons. The van der Waals surface area contributed by atoms with E-state index in [9.17, 15) is 19.2 Å². The van der Waals surface area contributed by atoms with E-state index in [1.54, 1.807) is 62.3 Å². The minimum atomic E-state index is -0.910. The molecule has 12 heteroatoms. The fraction of sp³-hybridized carbons (Fsp3) is 0.308. The summed E-state index contributed by atoms with van der Waals surface area (Å²) in [5.41, 5.74) is 1.47. The highest BCUT2D eigenvalue weighted by atomic mass is 79.9. The topological polar surface area (TPSA) is 123 Å². The maximum atomic E-state index is 13.4. The molecule has 0 saturated heterocycles. The molecule has 4 rings (SSSR count). The third-order valence-electron chi connectivity index (χ3n) is 5.87. The van der Waals surface area contributed by atoms with Crippen molar-refractivity contribution in [2.24, 2.45) is 0 Å². The Morgan fingerprint density at radius 2 is 1.76 bits per heavy atom. The summed E-state index contributed by atoms with van der Waals surface area (Å²) in [7, 11) is 0. The number of thioether (sulfide) groups is 1. The van der Waals surface area contributed by atoms with Gasteiger partial charge < -0.3 is 9.47 Å². The Labute approximate surface area is 231 Å². The molecule has 0 bridgehead atoms. The lowest BCUT2D eigenvalue weighted by Crippen LogP contribution is -2.60. The van der Waals surface area contributed by atoms with Gasteiger partial charge in [0.25, 0.3) is 6.17 Å². The molecule has 0 saturated carbocycles. The summed E-state index contributed by atoms with van der Waals surface area (Å²) < 4.78 is 12.8. The van der Waals surface area contributed by atoms with Gasteiger partial charge in [0, 0.05) is 24.4 Å². The van der Waals surface area contributed by atoms with Gasteiger partial charge in [0.05, 0.1) is 21.3 Å². The van der Waals surface area contributed by atoms with Crippen molar-refractivity contribution in [2.45, 2.75) is 51.4 Å². The van der Waals surface area contributed by atoms with Crippen LogP contribution in [0.3, 0.4) is 0 Å². The van der Waals surface area contributed by atoms with Gasteiger partial charge in [-0.1, -0.05) is 44.7 Å². The molecule has 1 aliphatic heterocycles. The summed E-state index contributed by atoms with van der Waals surface area (Å²) in [5, 5.41) is 5.02. The lowest BCUT2D eigenvalue weighted by atomic mass is 10.0. The van der Waals surface area contributed by atoms with Crippen molar-refractivity contribution < 1.29 is 28.5 Å². The lowest BCUT2D eigenvalue weighted by molar-refractivity contribution is -0.763. The van der Waals surface area contributed by atoms with Crippen LogP contribution >= 0.6 is 27.7 Å². The Balaban J connectivity index is 2.04. The monoisotopic (exact) mass is 601 g/mol. The van der Waals surface area contributed by atoms with E-state index in [4.69, 9.17) is 9.47 Å². The van der Waals surface area contributed by atoms with E-state index in [0.29, 0.717) is 26.4 Å². The van der Waals surface area contributed by atoms with Crippen LogP contribution in [0.4, 0.5) is 5.69 Å². The zero-order valence-corrected chi connectivity index (χ0v) is 23.6. The zero-order valence-electron chi connectivity index (χ0n) is 21.2. The van der Waals surface area contributed by atoms with E-state index in [0.717, 1.165) is 0 Å². The average molecular weight is 602 g/mol. The van der Waals surface area contributed by atoms with Crippen LogP contribution in [0.25, 0.3) is 11.3 Å². The number of halogens is 1. The summed E-state index contributed by atoms with van der Waals surface area (Å²) in [6, 6.07) is 10.3. The molecular formula is C26H26BrN4O6S+. The van der Waals surface area contributed by atoms with Gasteiger partial charge in [-0.05, 0) is 51.1 Å². The number of carbonyl (C=O) groups excluding carboxylic acids is 3. The summed E-state index contributed by atoms with van der Waals surface area (Å²) >= 11 is 4.70. The van der Waals surface area contributed by atoms with E-state index in [1.807, 2.05) is 0 Å². The van der Waals surface area contributed by atoms with Crippen molar-refractivity contribution in [3.63, 3.8) is 0 Å². The first-order valence-corrected chi connectivity index (χ1v) is 14.0. The Bertz CT molecular complexity index is 1490. The second kappa shape index (κ2) is 11.5. The number of aromatic nitrogens is 3. The summed E-state index contributed by atoms with van der Waals surface area (Å²) in [6.07, 6.45) is 1.26. The molecule has 0 aliphatic carbocycles. The molecule has 10 nitrogen and oxygen atoms in total. The van der Waals surface area contributed by atoms with Crippen LogP contribution in [0, 0.1) is 0 Å². The van der Waals surface area contributed by atoms with Crippen LogP contribution in [0.1, 0.15) is 51.8 Å². The molecule has 0 spiro atoms. The number of amides is 1. The number of ether oxygens (including phenoxy) is 2. The summed E-state index contributed by atoms with van der Waals surface area (Å²) in [6.45, 7) is 5.04. The molecule has 0 fully saturated rings. The number of nitrogens with one attached hydrogen (secondary N) is 1. The molecule has 1 N–H and O–H groups in total. The van der Waals surface area contributed by atoms with Gasteiger partial charge in [-0.3, -0.25) is 24.2 Å². The third-order valence-corrected chi connectivity index (χ3v) is 7.03. The number of nitrogens with zero attached hydrogens (tertiary/aromatic N) is 3. The van der Waals surface area contributed by atoms with Crippen molar-refractivity contribution in [3.8, 4) is 22.8 Å². The van der Waals surface area contributed by atoms with Crippen LogP contribution in [0.2, 0.25) is 0 Å². The minimum Gasteiger partial charge on any atom is -0.422 e. The quantitative estimate of drug-likeness (QED) is 0.185. The molecule has 38 heavy (non-hydrogen) atoms. The molecular weight excluding hydrogens is 576 g/mol. The van der Waals surface area contributed by atoms with Gasteiger partial charge in [0.1, 0.15) is 0 Å². The Morgan fingerprint density at radius 1 is 1.08 bits per heavy atom. The number of H-pyrrole nitrogens is 1. The van der Waals surface area contributed by atoms with Crippen molar-refractivity contribution in [3.05, 3.63) is 56.8 Å². The van der Waals surface area contributed by atoms with E-state index in [2.05, 4.69) is 26.0 Å². The molecule has 3 aromatic rings. The maximum Gasteiger partial charge on any atom is 0.325 e. The summed E-state index contributed by atoms with van der Waals surface area (Å²) in [5.74, 6) is -1.22. The molecule has 2 heterocycles. The zero-order chi connectivity index (χ0) is 27.6. The van der Waals surface area contributed by atoms with E-state index >= 15 is 0 Å². The fourth-order valence-corrected chi connectivity index (χ4v) is 5.00. The van der Waals surface area contributed by atoms with Gasteiger partial charge in [-0.25, -0.2) is 4.90 Å². The van der Waals surface area contributed by atoms with Crippen LogP contribution < -0.4 is 24.6 Å². The van der Waals surface area contributed by atoms with Crippen LogP contribution in [-0.4, -0.2) is 34.2 Å². The highest BCUT2D eigenvalue weighted by molar-refractivity contribution is 9.10. The van der Waals surface area contributed by atoms with E-state index < -0.39 is 18.1 Å². The second-order valence-corrected chi connectivity index (χ2v) is 9.90. The molecule has 198 valence electrons. The molecule has 1 aromatic heterocycles. The third kappa shape index (κ3) is 5.10. The molecule has 1 atom stereocenters. The normalized spacial score (nSPS) is 13.9. The van der Waals surface area contributed by atoms with E-state index in [1.165, 1.54) is 22.5 Å². The van der Waals surface area contributed by atoms with Gasteiger partial charge in [0.15, 0.2) is 11.5 Å². The van der Waals surface area contributed by atoms with Crippen LogP contribution in [0.5, 0.6) is 11.5 Å². The largest absolute Gasteiger partial charge is 0.422 e. The Hall–Kier alpha value is -3.51. The number of para-hydroxylation sites is 1. The maximum absolute atomic E-state index is 13.4. The average Bonchev–Trinajstić information content (AvgIpc) is 2.92. The number of hydrogen-bond donors (Lipinski definition) is 1. The number of carbonyl (C=O) groups is 3. The molecule has 0 unspecified atom stereocenters. The van der Waals surface area contributed by atoms with Gasteiger partial charge in [-0.2, -0.15) is 0 Å². The number of fused-ring (bicyclic) bond motifs is 3. The number of benzene rings is 2. The summed E-state index contributed by atoms with van der Waals surface area (Å²) in [4.78, 5) is 55.5. The van der Waals surface area contributed by atoms with Crippen LogP contribution in [0.15, 0.2) is 50.8 Å². The molecule has 1 aliphatic rings. The van der Waals surface area contributed by atoms with Gasteiger partial charge in [0.2, 0.25) is 11.1 Å². The first-order valence-electron chi connectivity index (χ1n) is 12.0. The van der Waals surface area contributed by atoms with Crippen molar-refractivity contribution >= 4 is 51.2 Å². The van der Waals surface area contributed by atoms with Crippen molar-refractivity contribution in [1.29, 1.82) is 0 Å². The standard InChI is InChI=1S/C26H25BrN4O6S/c1-5-19(32)30-17-11-9-8-10-15(17)22-24(35)28-26(38-4)29-31(22)25(30)14-12-16(27)23(37-21(34)7-3)18(13-14)36-20(33)6-2/h8-13,25H,5-7H2,1-4H3/p+1/t25-/m0/s1. The van der Waals surface area contributed by atoms with Crippen molar-refractivity contribution in [1.82, 2.24) is 10.1 Å². The number of aromatic amines is 1. The number of rotatable bonds is 7. The van der Waals surface area contributed by atoms with Crippen LogP contribution in [-0.2, 0) is 14.4 Å². The SMILES string of the molecule is CCC(=O)Oc1cc([C@H]2N(C(=O)CC)c3ccccc3-c3c(=O)[nH]c(SC)n[n+]32)cc(Br)c1OC(=O)CC. The van der Waals surface area contributed by atoms with Gasteiger partial charge >= 0.3 is 23.2 Å². The first-order chi connectivity index (χ1) is 18.2. The smallest absolute Gasteiger partial charge is 0.325 e. The fourth-order valence-electron chi connectivity index (χ4n) is 4.10. The van der Waals surface area contributed by atoms with E-state index in [-0.39, 0.29) is 47.9 Å². The Morgan fingerprint density at radius 3 is 2.42 bits per heavy atom. The van der Waals surface area contributed by atoms with Gasteiger partial charge in [-0.15, -0.1) is 0 Å². The Kier molecular flexibility index (Phi) is 8.32. The minimum absolute atomic E-state index is 0.00265. The molecule has 1 amide bonds. The highest BCUT2D eigenvalue weighted by Crippen LogP contribution is 2.43. The molecule has 2 aromatic carbocycles. The first kappa shape index (κ1) is 27.5.